The number of amides is 1. The van der Waals surface area contributed by atoms with Crippen molar-refractivity contribution in [3.63, 3.8) is 0 Å². The van der Waals surface area contributed by atoms with Crippen molar-refractivity contribution in [1.82, 2.24) is 5.32 Å². The molecule has 1 fully saturated rings. The van der Waals surface area contributed by atoms with Crippen LogP contribution in [0.5, 0.6) is 0 Å². The van der Waals surface area contributed by atoms with E-state index < -0.39 is 6.04 Å². The average Bonchev–Trinajstić information content (AvgIpc) is 2.73. The van der Waals surface area contributed by atoms with Gasteiger partial charge in [0.15, 0.2) is 0 Å². The van der Waals surface area contributed by atoms with E-state index in [1.165, 1.54) is 0 Å². The summed E-state index contributed by atoms with van der Waals surface area (Å²) in [4.78, 5) is 23.2. The van der Waals surface area contributed by atoms with Gasteiger partial charge in [-0.25, -0.2) is 4.79 Å². The number of benzene rings is 1. The van der Waals surface area contributed by atoms with Gasteiger partial charge >= 0.3 is 5.97 Å². The van der Waals surface area contributed by atoms with Crippen LogP contribution in [-0.2, 0) is 14.3 Å². The van der Waals surface area contributed by atoms with Crippen LogP contribution in [0.15, 0.2) is 30.3 Å². The lowest BCUT2D eigenvalue weighted by Crippen LogP contribution is -2.37. The van der Waals surface area contributed by atoms with Crippen LogP contribution in [0.3, 0.4) is 0 Å². The zero-order chi connectivity index (χ0) is 12.3. The fourth-order valence-corrected chi connectivity index (χ4v) is 2.12. The Morgan fingerprint density at radius 3 is 2.76 bits per heavy atom. The Balaban J connectivity index is 2.20. The van der Waals surface area contributed by atoms with E-state index in [9.17, 15) is 9.59 Å². The molecule has 1 aliphatic heterocycles. The number of hydrogen-bond acceptors (Lipinski definition) is 3. The highest BCUT2D eigenvalue weighted by molar-refractivity contribution is 5.90. The fourth-order valence-electron chi connectivity index (χ4n) is 2.12. The van der Waals surface area contributed by atoms with Crippen LogP contribution in [0.2, 0.25) is 0 Å². The second-order valence-electron chi connectivity index (χ2n) is 4.02. The number of carbonyl (C=O) groups is 2. The SMILES string of the molecule is CCOC(=O)[C@@H]1NC(=O)C[C@@H]1c1ccccc1. The van der Waals surface area contributed by atoms with Crippen LogP contribution >= 0.6 is 0 Å². The zero-order valence-corrected chi connectivity index (χ0v) is 9.68. The second kappa shape index (κ2) is 4.99. The Morgan fingerprint density at radius 1 is 1.41 bits per heavy atom. The van der Waals surface area contributed by atoms with E-state index >= 15 is 0 Å². The summed E-state index contributed by atoms with van der Waals surface area (Å²) in [6.45, 7) is 2.08. The first kappa shape index (κ1) is 11.6. The standard InChI is InChI=1S/C13H15NO3/c1-2-17-13(16)12-10(8-11(15)14-12)9-6-4-3-5-7-9/h3-7,10,12H,2,8H2,1H3,(H,14,15)/t10-,12-/m1/s1. The van der Waals surface area contributed by atoms with Gasteiger partial charge in [-0.3, -0.25) is 4.79 Å². The fraction of sp³-hybridized carbons (Fsp3) is 0.385. The number of rotatable bonds is 3. The summed E-state index contributed by atoms with van der Waals surface area (Å²) in [5, 5.41) is 2.67. The van der Waals surface area contributed by atoms with Gasteiger partial charge in [0.05, 0.1) is 6.61 Å². The highest BCUT2D eigenvalue weighted by atomic mass is 16.5. The third-order valence-electron chi connectivity index (χ3n) is 2.89. The molecule has 0 aromatic heterocycles. The van der Waals surface area contributed by atoms with Gasteiger partial charge in [0.2, 0.25) is 5.91 Å². The minimum Gasteiger partial charge on any atom is -0.464 e. The molecule has 0 saturated carbocycles. The molecule has 2 atom stereocenters. The molecular formula is C13H15NO3. The van der Waals surface area contributed by atoms with Crippen LogP contribution in [-0.4, -0.2) is 24.5 Å². The van der Waals surface area contributed by atoms with E-state index in [0.717, 1.165) is 5.56 Å². The van der Waals surface area contributed by atoms with Crippen LogP contribution in [0, 0.1) is 0 Å². The Labute approximate surface area is 100.0 Å². The Morgan fingerprint density at radius 2 is 2.12 bits per heavy atom. The van der Waals surface area contributed by atoms with E-state index in [1.807, 2.05) is 30.3 Å². The lowest BCUT2D eigenvalue weighted by molar-refractivity contribution is -0.146. The molecule has 0 spiro atoms. The van der Waals surface area contributed by atoms with Crippen molar-refractivity contribution in [1.29, 1.82) is 0 Å². The Bertz CT molecular complexity index is 416. The lowest BCUT2D eigenvalue weighted by atomic mass is 9.92. The van der Waals surface area contributed by atoms with Crippen molar-refractivity contribution in [2.24, 2.45) is 0 Å². The highest BCUT2D eigenvalue weighted by Crippen LogP contribution is 2.28. The summed E-state index contributed by atoms with van der Waals surface area (Å²) in [6.07, 6.45) is 0.341. The number of hydrogen-bond donors (Lipinski definition) is 1. The van der Waals surface area contributed by atoms with Gasteiger partial charge in [0.25, 0.3) is 0 Å². The van der Waals surface area contributed by atoms with Crippen molar-refractivity contribution in [3.8, 4) is 0 Å². The first-order chi connectivity index (χ1) is 8.22. The molecular weight excluding hydrogens is 218 g/mol. The molecule has 1 saturated heterocycles. The van der Waals surface area contributed by atoms with Gasteiger partial charge in [-0.1, -0.05) is 30.3 Å². The maximum Gasteiger partial charge on any atom is 0.329 e. The molecule has 0 bridgehead atoms. The van der Waals surface area contributed by atoms with Gasteiger partial charge in [0, 0.05) is 12.3 Å². The van der Waals surface area contributed by atoms with E-state index in [4.69, 9.17) is 4.74 Å². The molecule has 90 valence electrons. The monoisotopic (exact) mass is 233 g/mol. The van der Waals surface area contributed by atoms with Crippen molar-refractivity contribution >= 4 is 11.9 Å². The molecule has 1 aromatic rings. The average molecular weight is 233 g/mol. The van der Waals surface area contributed by atoms with E-state index in [0.29, 0.717) is 13.0 Å². The summed E-state index contributed by atoms with van der Waals surface area (Å²) in [5.41, 5.74) is 0.990. The third kappa shape index (κ3) is 2.46. The van der Waals surface area contributed by atoms with Gasteiger partial charge in [-0.15, -0.1) is 0 Å². The second-order valence-corrected chi connectivity index (χ2v) is 4.02. The number of carbonyl (C=O) groups excluding carboxylic acids is 2. The van der Waals surface area contributed by atoms with Gasteiger partial charge in [-0.05, 0) is 12.5 Å². The van der Waals surface area contributed by atoms with Crippen molar-refractivity contribution in [2.75, 3.05) is 6.61 Å². The number of nitrogens with one attached hydrogen (secondary N) is 1. The smallest absolute Gasteiger partial charge is 0.329 e. The molecule has 0 unspecified atom stereocenters. The molecule has 4 heteroatoms. The molecule has 1 aliphatic rings. The molecule has 1 N–H and O–H groups in total. The molecule has 0 aliphatic carbocycles. The molecule has 1 amide bonds. The largest absolute Gasteiger partial charge is 0.464 e. The summed E-state index contributed by atoms with van der Waals surface area (Å²) in [7, 11) is 0. The predicted octanol–water partition coefficient (Wildman–Crippen LogP) is 1.22. The minimum atomic E-state index is -0.551. The van der Waals surface area contributed by atoms with E-state index in [2.05, 4.69) is 5.32 Å². The van der Waals surface area contributed by atoms with Gasteiger partial charge < -0.3 is 10.1 Å². The molecule has 4 nitrogen and oxygen atoms in total. The summed E-state index contributed by atoms with van der Waals surface area (Å²) in [5.74, 6) is -0.577. The van der Waals surface area contributed by atoms with Crippen molar-refractivity contribution in [3.05, 3.63) is 35.9 Å². The minimum absolute atomic E-state index is 0.100. The van der Waals surface area contributed by atoms with Crippen LogP contribution < -0.4 is 5.32 Å². The van der Waals surface area contributed by atoms with Crippen LogP contribution in [0.25, 0.3) is 0 Å². The Hall–Kier alpha value is -1.84. The normalized spacial score (nSPS) is 23.2. The topological polar surface area (TPSA) is 55.4 Å². The maximum absolute atomic E-state index is 11.7. The summed E-state index contributed by atoms with van der Waals surface area (Å²) >= 11 is 0. The first-order valence-corrected chi connectivity index (χ1v) is 5.73. The van der Waals surface area contributed by atoms with Crippen molar-refractivity contribution in [2.45, 2.75) is 25.3 Å². The van der Waals surface area contributed by atoms with Gasteiger partial charge in [-0.2, -0.15) is 0 Å². The van der Waals surface area contributed by atoms with Gasteiger partial charge in [0.1, 0.15) is 6.04 Å². The molecule has 2 rings (SSSR count). The molecule has 1 heterocycles. The van der Waals surface area contributed by atoms with E-state index in [-0.39, 0.29) is 17.8 Å². The zero-order valence-electron chi connectivity index (χ0n) is 9.68. The Kier molecular flexibility index (Phi) is 3.42. The van der Waals surface area contributed by atoms with Crippen LogP contribution in [0.4, 0.5) is 0 Å². The first-order valence-electron chi connectivity index (χ1n) is 5.73. The number of esters is 1. The molecule has 17 heavy (non-hydrogen) atoms. The summed E-state index contributed by atoms with van der Waals surface area (Å²) < 4.78 is 4.97. The highest BCUT2D eigenvalue weighted by Gasteiger charge is 2.39. The lowest BCUT2D eigenvalue weighted by Gasteiger charge is -2.17. The molecule has 0 radical (unpaired) electrons. The van der Waals surface area contributed by atoms with Crippen LogP contribution in [0.1, 0.15) is 24.8 Å². The maximum atomic E-state index is 11.7. The third-order valence-corrected chi connectivity index (χ3v) is 2.89. The quantitative estimate of drug-likeness (QED) is 0.799. The van der Waals surface area contributed by atoms with Crippen molar-refractivity contribution < 1.29 is 14.3 Å². The number of ether oxygens (including phenoxy) is 1. The molecule has 1 aromatic carbocycles. The predicted molar refractivity (Wildman–Crippen MR) is 62.4 cm³/mol. The summed E-state index contributed by atoms with van der Waals surface area (Å²) in [6, 6.07) is 9.02. The van der Waals surface area contributed by atoms with E-state index in [1.54, 1.807) is 6.92 Å².